The maximum absolute atomic E-state index is 13.9. The molecule has 0 aliphatic carbocycles. The van der Waals surface area contributed by atoms with Crippen molar-refractivity contribution in [1.82, 2.24) is 73.4 Å². The Kier molecular flexibility index (Phi) is 8.00. The number of aryl methyl sites for hydroxylation is 4. The number of hydrogen-bond donors (Lipinski definition) is 2. The summed E-state index contributed by atoms with van der Waals surface area (Å²) < 4.78 is 11.8. The topological polar surface area (TPSA) is 209 Å². The Morgan fingerprint density at radius 1 is 0.719 bits per heavy atom. The molecule has 0 spiro atoms. The summed E-state index contributed by atoms with van der Waals surface area (Å²) in [6, 6.07) is 7.67. The van der Waals surface area contributed by atoms with Gasteiger partial charge in [-0.15, -0.1) is 22.7 Å². The van der Waals surface area contributed by atoms with Crippen molar-refractivity contribution in [3.8, 4) is 0 Å². The number of nitrogens with two attached hydrogens (primary N) is 1. The van der Waals surface area contributed by atoms with E-state index in [-0.39, 0.29) is 24.2 Å². The van der Waals surface area contributed by atoms with Gasteiger partial charge in [0.15, 0.2) is 11.3 Å². The van der Waals surface area contributed by atoms with E-state index < -0.39 is 0 Å². The molecule has 0 aliphatic rings. The number of aromatic amines is 1. The molecule has 10 aromatic rings. The molecular formula is C37H34N16O2S2. The summed E-state index contributed by atoms with van der Waals surface area (Å²) in [5.41, 5.74) is 13.5. The summed E-state index contributed by atoms with van der Waals surface area (Å²) in [4.78, 5) is 41.8. The molecule has 0 amide bonds. The van der Waals surface area contributed by atoms with Crippen molar-refractivity contribution in [2.75, 3.05) is 5.73 Å². The van der Waals surface area contributed by atoms with Crippen LogP contribution >= 0.6 is 22.7 Å². The molecule has 0 radical (unpaired) electrons. The van der Waals surface area contributed by atoms with Crippen LogP contribution in [0, 0.1) is 0 Å². The van der Waals surface area contributed by atoms with Gasteiger partial charge in [-0.2, -0.15) is 25.5 Å². The number of nitrogens with one attached hydrogen (secondary N) is 1. The summed E-state index contributed by atoms with van der Waals surface area (Å²) >= 11 is 3.07. The molecule has 10 aromatic heterocycles. The van der Waals surface area contributed by atoms with E-state index in [2.05, 4.69) is 30.5 Å². The number of thiazole rings is 2. The lowest BCUT2D eigenvalue weighted by atomic mass is 10.0. The van der Waals surface area contributed by atoms with Gasteiger partial charge in [0.05, 0.1) is 52.0 Å². The van der Waals surface area contributed by atoms with Crippen LogP contribution in [-0.2, 0) is 60.5 Å². The lowest BCUT2D eigenvalue weighted by molar-refractivity contribution is 0.616. The van der Waals surface area contributed by atoms with E-state index in [0.717, 1.165) is 69.7 Å². The van der Waals surface area contributed by atoms with Gasteiger partial charge in [0.1, 0.15) is 26.9 Å². The number of hydrogen-bond acceptors (Lipinski definition) is 13. The zero-order valence-electron chi connectivity index (χ0n) is 31.2. The van der Waals surface area contributed by atoms with Gasteiger partial charge in [-0.25, -0.2) is 24.3 Å². The van der Waals surface area contributed by atoms with E-state index in [0.29, 0.717) is 41.8 Å². The Hall–Kier alpha value is -6.80. The van der Waals surface area contributed by atoms with Gasteiger partial charge in [0, 0.05) is 82.5 Å². The highest BCUT2D eigenvalue weighted by Crippen LogP contribution is 2.33. The number of pyridine rings is 1. The molecule has 20 heteroatoms. The lowest BCUT2D eigenvalue weighted by Gasteiger charge is -2.08. The molecule has 10 rings (SSSR count). The molecular weight excluding hydrogens is 765 g/mol. The minimum absolute atomic E-state index is 0.192. The molecule has 0 saturated heterocycles. The van der Waals surface area contributed by atoms with Crippen LogP contribution in [0.15, 0.2) is 64.8 Å². The number of nitrogen functional groups attached to an aromatic ring is 1. The largest absolute Gasteiger partial charge is 0.384 e. The van der Waals surface area contributed by atoms with Crippen LogP contribution in [0.25, 0.3) is 42.5 Å². The predicted octanol–water partition coefficient (Wildman–Crippen LogP) is 3.04. The quantitative estimate of drug-likeness (QED) is 0.206. The molecule has 0 atom stereocenters. The van der Waals surface area contributed by atoms with Gasteiger partial charge in [-0.05, 0) is 35.4 Å². The van der Waals surface area contributed by atoms with Gasteiger partial charge in [-0.3, -0.25) is 24.1 Å². The molecule has 0 bridgehead atoms. The normalized spacial score (nSPS) is 12.1. The first kappa shape index (κ1) is 34.7. The van der Waals surface area contributed by atoms with Crippen LogP contribution in [0.1, 0.15) is 43.9 Å². The van der Waals surface area contributed by atoms with Gasteiger partial charge in [-0.1, -0.05) is 0 Å². The average molecular weight is 799 g/mol. The standard InChI is InChI=1S/C37H34N16O2S2/c1-48-8-6-22(46-48)17-52-36(54)30-24(14-40-52)33-35(50(30)3)44-29(57-33)13-23-10-19(11-27(38)42-23)9-20-16-49(2)47-26(20)18-53-37(55)31-25(15-41-53)32-34(51(31)4)43-28(56-32)12-21-5-7-39-45-21/h5-8,10-11,14-16H,9,12-13,17-18H2,1-4H3,(H2,38,42)(H,39,45). The molecule has 0 saturated carbocycles. The van der Waals surface area contributed by atoms with E-state index in [1.807, 2.05) is 74.0 Å². The van der Waals surface area contributed by atoms with Crippen LogP contribution in [0.2, 0.25) is 0 Å². The fourth-order valence-electron chi connectivity index (χ4n) is 7.54. The third-order valence-corrected chi connectivity index (χ3v) is 12.2. The molecule has 18 nitrogen and oxygen atoms in total. The first-order valence-electron chi connectivity index (χ1n) is 18.0. The van der Waals surface area contributed by atoms with Gasteiger partial charge < -0.3 is 14.9 Å². The summed E-state index contributed by atoms with van der Waals surface area (Å²) in [7, 11) is 7.41. The fraction of sp³-hybridized carbons (Fsp3) is 0.243. The van der Waals surface area contributed by atoms with E-state index >= 15 is 0 Å². The number of nitrogens with zero attached hydrogens (tertiary/aromatic N) is 14. The molecule has 57 heavy (non-hydrogen) atoms. The van der Waals surface area contributed by atoms with Gasteiger partial charge in [0.25, 0.3) is 11.1 Å². The molecule has 0 aliphatic heterocycles. The summed E-state index contributed by atoms with van der Waals surface area (Å²) in [5.74, 6) is 0.394. The maximum atomic E-state index is 13.9. The summed E-state index contributed by atoms with van der Waals surface area (Å²) in [5, 5.41) is 28.5. The third kappa shape index (κ3) is 6.00. The van der Waals surface area contributed by atoms with Crippen molar-refractivity contribution in [1.29, 1.82) is 0 Å². The summed E-state index contributed by atoms with van der Waals surface area (Å²) in [6.45, 7) is 0.472. The van der Waals surface area contributed by atoms with Crippen LogP contribution in [0.3, 0.4) is 0 Å². The third-order valence-electron chi connectivity index (χ3n) is 10.1. The van der Waals surface area contributed by atoms with Crippen molar-refractivity contribution in [2.24, 2.45) is 28.2 Å². The zero-order valence-corrected chi connectivity index (χ0v) is 32.8. The van der Waals surface area contributed by atoms with Crippen molar-refractivity contribution < 1.29 is 0 Å². The molecule has 0 aromatic carbocycles. The Balaban J connectivity index is 0.899. The molecule has 3 N–H and O–H groups in total. The Labute approximate surface area is 329 Å². The number of rotatable bonds is 10. The molecule has 10 heterocycles. The number of fused-ring (bicyclic) bond motifs is 6. The van der Waals surface area contributed by atoms with Crippen molar-refractivity contribution in [2.45, 2.75) is 32.4 Å². The van der Waals surface area contributed by atoms with Crippen LogP contribution in [0.5, 0.6) is 0 Å². The highest BCUT2D eigenvalue weighted by atomic mass is 32.1. The number of anilines is 1. The minimum Gasteiger partial charge on any atom is -0.384 e. The highest BCUT2D eigenvalue weighted by molar-refractivity contribution is 7.20. The smallest absolute Gasteiger partial charge is 0.291 e. The van der Waals surface area contributed by atoms with E-state index in [9.17, 15) is 9.59 Å². The van der Waals surface area contributed by atoms with Gasteiger partial charge in [0.2, 0.25) is 0 Å². The second-order valence-electron chi connectivity index (χ2n) is 14.1. The average Bonchev–Trinajstić information content (AvgIpc) is 4.04. The SMILES string of the molecule is Cn1ccc(Cn2ncc3c4sc(Cc5cc(Cc6cn(C)nc6Cn6ncc7c8sc(Cc9cc[nH]n9)nc8n(C)c7c6=O)cc(N)n5)nc4n(C)c3c2=O)n1. The predicted molar refractivity (Wildman–Crippen MR) is 217 cm³/mol. The van der Waals surface area contributed by atoms with E-state index in [1.54, 1.807) is 39.3 Å². The Morgan fingerprint density at radius 3 is 1.98 bits per heavy atom. The van der Waals surface area contributed by atoms with Crippen molar-refractivity contribution in [3.05, 3.63) is 120 Å². The highest BCUT2D eigenvalue weighted by Gasteiger charge is 2.22. The minimum atomic E-state index is -0.212. The van der Waals surface area contributed by atoms with E-state index in [4.69, 9.17) is 20.8 Å². The molecule has 0 fully saturated rings. The maximum Gasteiger partial charge on any atom is 0.291 e. The first-order chi connectivity index (χ1) is 27.6. The van der Waals surface area contributed by atoms with Crippen molar-refractivity contribution >= 4 is 71.0 Å². The second kappa shape index (κ2) is 13.2. The lowest BCUT2D eigenvalue weighted by Crippen LogP contribution is -2.25. The number of aromatic nitrogens is 15. The summed E-state index contributed by atoms with van der Waals surface area (Å²) in [6.07, 6.45) is 10.6. The first-order valence-corrected chi connectivity index (χ1v) is 19.6. The zero-order chi connectivity index (χ0) is 39.1. The molecule has 286 valence electrons. The van der Waals surface area contributed by atoms with Crippen LogP contribution in [0.4, 0.5) is 5.82 Å². The fourth-order valence-corrected chi connectivity index (χ4v) is 9.78. The van der Waals surface area contributed by atoms with Crippen molar-refractivity contribution in [3.63, 3.8) is 0 Å². The second-order valence-corrected chi connectivity index (χ2v) is 16.3. The Morgan fingerprint density at radius 2 is 1.37 bits per heavy atom. The van der Waals surface area contributed by atoms with E-state index in [1.165, 1.54) is 20.7 Å². The Bertz CT molecular complexity index is 3300. The van der Waals surface area contributed by atoms with Crippen LogP contribution < -0.4 is 16.9 Å². The van der Waals surface area contributed by atoms with Crippen LogP contribution in [-0.4, -0.2) is 73.4 Å². The van der Waals surface area contributed by atoms with Gasteiger partial charge >= 0.3 is 0 Å². The molecule has 0 unspecified atom stereocenters. The monoisotopic (exact) mass is 798 g/mol. The number of H-pyrrole nitrogens is 1.